The van der Waals surface area contributed by atoms with Crippen molar-refractivity contribution in [1.29, 1.82) is 0 Å². The van der Waals surface area contributed by atoms with Crippen LogP contribution in [-0.2, 0) is 11.3 Å². The number of hydrogen-bond donors (Lipinski definition) is 1. The van der Waals surface area contributed by atoms with Gasteiger partial charge in [0.1, 0.15) is 11.4 Å². The Labute approximate surface area is 176 Å². The van der Waals surface area contributed by atoms with Gasteiger partial charge >= 0.3 is 0 Å². The second-order valence-corrected chi connectivity index (χ2v) is 8.40. The van der Waals surface area contributed by atoms with Crippen molar-refractivity contribution in [2.45, 2.75) is 6.54 Å². The number of amides is 1. The smallest absolute Gasteiger partial charge is 0.263 e. The van der Waals surface area contributed by atoms with Gasteiger partial charge in [0.25, 0.3) is 5.56 Å². The Morgan fingerprint density at radius 1 is 1.17 bits per heavy atom. The van der Waals surface area contributed by atoms with E-state index in [9.17, 15) is 9.59 Å². The number of fused-ring (bicyclic) bond motifs is 1. The maximum Gasteiger partial charge on any atom is 0.263 e. The monoisotopic (exact) mass is 424 g/mol. The fourth-order valence-corrected chi connectivity index (χ4v) is 4.80. The first-order valence-corrected chi connectivity index (χ1v) is 10.9. The van der Waals surface area contributed by atoms with Crippen LogP contribution in [0.15, 0.2) is 64.3 Å². The van der Waals surface area contributed by atoms with Crippen LogP contribution in [0, 0.1) is 0 Å². The number of nitrogens with one attached hydrogen (secondary N) is 1. The van der Waals surface area contributed by atoms with Gasteiger partial charge in [0.05, 0.1) is 11.7 Å². The first-order valence-electron chi connectivity index (χ1n) is 9.17. The molecule has 4 aromatic rings. The average molecular weight is 425 g/mol. The number of thiophene rings is 2. The summed E-state index contributed by atoms with van der Waals surface area (Å²) in [6, 6.07) is 13.9. The van der Waals surface area contributed by atoms with E-state index in [1.165, 1.54) is 22.2 Å². The van der Waals surface area contributed by atoms with Crippen molar-refractivity contribution in [2.24, 2.45) is 0 Å². The number of hydrogen-bond acceptors (Lipinski definition) is 6. The van der Waals surface area contributed by atoms with Crippen LogP contribution < -0.4 is 15.8 Å². The number of rotatable bonds is 7. The molecule has 0 radical (unpaired) electrons. The zero-order valence-corrected chi connectivity index (χ0v) is 17.5. The topological polar surface area (TPSA) is 67.2 Å². The van der Waals surface area contributed by atoms with Gasteiger partial charge in [0.15, 0.2) is 0 Å². The van der Waals surface area contributed by atoms with E-state index in [-0.39, 0.29) is 18.0 Å². The molecule has 0 spiro atoms. The van der Waals surface area contributed by atoms with Crippen LogP contribution in [0.5, 0.6) is 0 Å². The number of benzene rings is 1. The van der Waals surface area contributed by atoms with Crippen molar-refractivity contribution < 1.29 is 4.79 Å². The molecule has 0 unspecified atom stereocenters. The van der Waals surface area contributed by atoms with E-state index in [0.717, 1.165) is 16.1 Å². The second-order valence-electron chi connectivity index (χ2n) is 6.59. The summed E-state index contributed by atoms with van der Waals surface area (Å²) in [6.07, 6.45) is 1.45. The Kier molecular flexibility index (Phi) is 5.73. The van der Waals surface area contributed by atoms with E-state index in [0.29, 0.717) is 23.3 Å². The maximum atomic E-state index is 13.0. The predicted octanol–water partition coefficient (Wildman–Crippen LogP) is 3.44. The molecule has 0 aliphatic carbocycles. The number of nitrogens with zero attached hydrogens (tertiary/aromatic N) is 3. The molecule has 0 fully saturated rings. The number of aromatic nitrogens is 2. The Bertz CT molecular complexity index is 1170. The van der Waals surface area contributed by atoms with Crippen LogP contribution in [0.25, 0.3) is 20.7 Å². The van der Waals surface area contributed by atoms with Crippen molar-refractivity contribution in [2.75, 3.05) is 25.0 Å². The molecule has 3 heterocycles. The minimum Gasteiger partial charge on any atom is -0.373 e. The third-order valence-electron chi connectivity index (χ3n) is 4.63. The van der Waals surface area contributed by atoms with Gasteiger partial charge in [-0.2, -0.15) is 0 Å². The zero-order chi connectivity index (χ0) is 20.2. The van der Waals surface area contributed by atoms with Gasteiger partial charge in [-0.15, -0.1) is 22.7 Å². The third-order valence-corrected chi connectivity index (χ3v) is 6.42. The number of likely N-dealkylation sites (N-methyl/N-ethyl adjacent to an activating group) is 1. The molecule has 0 saturated heterocycles. The quantitative estimate of drug-likeness (QED) is 0.494. The van der Waals surface area contributed by atoms with E-state index < -0.39 is 0 Å². The third kappa shape index (κ3) is 4.23. The minimum atomic E-state index is -0.206. The van der Waals surface area contributed by atoms with Crippen molar-refractivity contribution in [3.05, 3.63) is 69.9 Å². The summed E-state index contributed by atoms with van der Waals surface area (Å²) in [4.78, 5) is 33.5. The molecule has 1 aromatic carbocycles. The van der Waals surface area contributed by atoms with Crippen molar-refractivity contribution in [3.8, 4) is 10.4 Å². The van der Waals surface area contributed by atoms with Crippen LogP contribution in [0.3, 0.4) is 0 Å². The Morgan fingerprint density at radius 3 is 2.76 bits per heavy atom. The summed E-state index contributed by atoms with van der Waals surface area (Å²) in [6.45, 7) is 1.12. The molecule has 29 heavy (non-hydrogen) atoms. The molecular formula is C21H20N4O2S2. The van der Waals surface area contributed by atoms with Gasteiger partial charge in [-0.05, 0) is 23.6 Å². The molecule has 0 bridgehead atoms. The Hall–Kier alpha value is -2.97. The van der Waals surface area contributed by atoms with Gasteiger partial charge in [-0.1, -0.05) is 24.3 Å². The van der Waals surface area contributed by atoms with Gasteiger partial charge < -0.3 is 10.2 Å². The molecule has 148 valence electrons. The van der Waals surface area contributed by atoms with Gasteiger partial charge in [0, 0.05) is 41.6 Å². The van der Waals surface area contributed by atoms with E-state index in [1.54, 1.807) is 11.3 Å². The molecular weight excluding hydrogens is 404 g/mol. The summed E-state index contributed by atoms with van der Waals surface area (Å²) in [5.74, 6) is -0.206. The molecule has 3 aromatic heterocycles. The van der Waals surface area contributed by atoms with E-state index in [2.05, 4.69) is 15.2 Å². The molecule has 0 aliphatic rings. The minimum absolute atomic E-state index is 0.0451. The second kappa shape index (κ2) is 8.59. The Morgan fingerprint density at radius 2 is 2.00 bits per heavy atom. The van der Waals surface area contributed by atoms with Crippen molar-refractivity contribution >= 4 is 44.5 Å². The lowest BCUT2D eigenvalue weighted by Gasteiger charge is -2.19. The van der Waals surface area contributed by atoms with Gasteiger partial charge in [0.2, 0.25) is 5.91 Å². The number of carbonyl (C=O) groups excluding carboxylic acids is 1. The predicted molar refractivity (Wildman–Crippen MR) is 120 cm³/mol. The molecule has 8 heteroatoms. The standard InChI is InChI=1S/C21H20N4O2S2/c1-24(15-6-3-2-4-7-15)10-9-22-18(26)12-25-14-23-20-19(21(25)27)16(13-29-20)17-8-5-11-28-17/h2-8,11,13-14H,9-10,12H2,1H3,(H,22,26). The van der Waals surface area contributed by atoms with Crippen LogP contribution in [0.2, 0.25) is 0 Å². The summed E-state index contributed by atoms with van der Waals surface area (Å²) < 4.78 is 1.38. The summed E-state index contributed by atoms with van der Waals surface area (Å²) in [7, 11) is 1.98. The highest BCUT2D eigenvalue weighted by atomic mass is 32.1. The van der Waals surface area contributed by atoms with E-state index >= 15 is 0 Å². The van der Waals surface area contributed by atoms with Crippen molar-refractivity contribution in [3.63, 3.8) is 0 Å². The van der Waals surface area contributed by atoms with Crippen LogP contribution in [0.1, 0.15) is 0 Å². The molecule has 1 N–H and O–H groups in total. The summed E-state index contributed by atoms with van der Waals surface area (Å²) in [5, 5.41) is 7.39. The van der Waals surface area contributed by atoms with Crippen molar-refractivity contribution in [1.82, 2.24) is 14.9 Å². The van der Waals surface area contributed by atoms with E-state index in [1.807, 2.05) is 60.3 Å². The highest BCUT2D eigenvalue weighted by Gasteiger charge is 2.15. The molecule has 4 rings (SSSR count). The zero-order valence-electron chi connectivity index (χ0n) is 15.9. The average Bonchev–Trinajstić information content (AvgIpc) is 3.40. The SMILES string of the molecule is CN(CCNC(=O)Cn1cnc2scc(-c3cccs3)c2c1=O)c1ccccc1. The van der Waals surface area contributed by atoms with Crippen LogP contribution in [0.4, 0.5) is 5.69 Å². The van der Waals surface area contributed by atoms with Gasteiger partial charge in [-0.25, -0.2) is 4.98 Å². The molecule has 0 atom stereocenters. The number of para-hydroxylation sites is 1. The lowest BCUT2D eigenvalue weighted by Crippen LogP contribution is -2.36. The first kappa shape index (κ1) is 19.4. The summed E-state index contributed by atoms with van der Waals surface area (Å²) >= 11 is 3.03. The van der Waals surface area contributed by atoms with E-state index in [4.69, 9.17) is 0 Å². The highest BCUT2D eigenvalue weighted by molar-refractivity contribution is 7.18. The van der Waals surface area contributed by atoms with Gasteiger partial charge in [-0.3, -0.25) is 14.2 Å². The Balaban J connectivity index is 1.42. The first-order chi connectivity index (χ1) is 14.1. The lowest BCUT2D eigenvalue weighted by atomic mass is 10.2. The van der Waals surface area contributed by atoms with Crippen LogP contribution in [-0.4, -0.2) is 35.6 Å². The highest BCUT2D eigenvalue weighted by Crippen LogP contribution is 2.33. The molecule has 0 saturated carbocycles. The lowest BCUT2D eigenvalue weighted by molar-refractivity contribution is -0.121. The van der Waals surface area contributed by atoms with Crippen LogP contribution >= 0.6 is 22.7 Å². The summed E-state index contributed by atoms with van der Waals surface area (Å²) in [5.41, 5.74) is 1.79. The molecule has 6 nitrogen and oxygen atoms in total. The number of carbonyl (C=O) groups is 1. The largest absolute Gasteiger partial charge is 0.373 e. The molecule has 0 aliphatic heterocycles. The molecule has 1 amide bonds. The fourth-order valence-electron chi connectivity index (χ4n) is 3.08. The number of anilines is 1. The normalized spacial score (nSPS) is 10.9. The maximum absolute atomic E-state index is 13.0. The fraction of sp³-hybridized carbons (Fsp3) is 0.190.